The van der Waals surface area contributed by atoms with E-state index in [2.05, 4.69) is 44.8 Å². The average Bonchev–Trinajstić information content (AvgIpc) is 3.29. The molecule has 3 heterocycles. The van der Waals surface area contributed by atoms with Crippen molar-refractivity contribution >= 4 is 5.96 Å². The van der Waals surface area contributed by atoms with Gasteiger partial charge in [0.15, 0.2) is 5.96 Å². The zero-order chi connectivity index (χ0) is 17.8. The number of hydrogen-bond donors (Lipinski definition) is 2. The SMILES string of the molecule is CN=C(NCc1cccc(CN2CCOCC2)c1)NC1CC2CCC1O2. The molecule has 1 aromatic carbocycles. The molecule has 3 atom stereocenters. The molecule has 6 heteroatoms. The molecule has 3 fully saturated rings. The third-order valence-corrected chi connectivity index (χ3v) is 5.61. The first-order valence-electron chi connectivity index (χ1n) is 9.81. The summed E-state index contributed by atoms with van der Waals surface area (Å²) in [5.74, 6) is 0.865. The van der Waals surface area contributed by atoms with E-state index in [9.17, 15) is 0 Å². The zero-order valence-corrected chi connectivity index (χ0v) is 15.6. The zero-order valence-electron chi connectivity index (χ0n) is 15.6. The molecule has 1 aromatic rings. The van der Waals surface area contributed by atoms with Crippen molar-refractivity contribution in [1.29, 1.82) is 0 Å². The molecule has 4 rings (SSSR count). The lowest BCUT2D eigenvalue weighted by atomic mass is 9.96. The predicted octanol–water partition coefficient (Wildman–Crippen LogP) is 1.50. The van der Waals surface area contributed by atoms with Crippen molar-refractivity contribution < 1.29 is 9.47 Å². The van der Waals surface area contributed by atoms with Crippen LogP contribution in [0.3, 0.4) is 0 Å². The number of ether oxygens (including phenoxy) is 2. The van der Waals surface area contributed by atoms with E-state index in [1.165, 1.54) is 24.0 Å². The Morgan fingerprint density at radius 2 is 2.08 bits per heavy atom. The molecule has 2 N–H and O–H groups in total. The highest BCUT2D eigenvalue weighted by Gasteiger charge is 2.41. The minimum absolute atomic E-state index is 0.357. The third-order valence-electron chi connectivity index (χ3n) is 5.61. The largest absolute Gasteiger partial charge is 0.379 e. The van der Waals surface area contributed by atoms with Gasteiger partial charge in [0.05, 0.1) is 31.5 Å². The molecule has 6 nitrogen and oxygen atoms in total. The number of benzene rings is 1. The Kier molecular flexibility index (Phi) is 5.72. The Morgan fingerprint density at radius 1 is 1.23 bits per heavy atom. The maximum Gasteiger partial charge on any atom is 0.191 e. The quantitative estimate of drug-likeness (QED) is 0.617. The van der Waals surface area contributed by atoms with E-state index in [0.29, 0.717) is 18.2 Å². The lowest BCUT2D eigenvalue weighted by molar-refractivity contribution is 0.0342. The number of morpholine rings is 1. The summed E-state index contributed by atoms with van der Waals surface area (Å²) in [5.41, 5.74) is 2.64. The fourth-order valence-electron chi connectivity index (χ4n) is 4.20. The van der Waals surface area contributed by atoms with Crippen LogP contribution < -0.4 is 10.6 Å². The second-order valence-corrected chi connectivity index (χ2v) is 7.49. The standard InChI is InChI=1S/C20H30N4O2/c1-21-20(23-18-12-17-5-6-19(18)26-17)22-13-15-3-2-4-16(11-15)14-24-7-9-25-10-8-24/h2-4,11,17-19H,5-10,12-14H2,1H3,(H2,21,22,23). The lowest BCUT2D eigenvalue weighted by Gasteiger charge is -2.26. The summed E-state index contributed by atoms with van der Waals surface area (Å²) < 4.78 is 11.4. The van der Waals surface area contributed by atoms with Crippen LogP contribution in [-0.4, -0.2) is 62.5 Å². The number of nitrogens with one attached hydrogen (secondary N) is 2. The van der Waals surface area contributed by atoms with E-state index in [1.54, 1.807) is 0 Å². The summed E-state index contributed by atoms with van der Waals surface area (Å²) in [4.78, 5) is 6.83. The minimum atomic E-state index is 0.357. The normalized spacial score (nSPS) is 29.1. The van der Waals surface area contributed by atoms with Gasteiger partial charge in [-0.3, -0.25) is 9.89 Å². The Bertz CT molecular complexity index is 630. The van der Waals surface area contributed by atoms with Gasteiger partial charge in [-0.2, -0.15) is 0 Å². The van der Waals surface area contributed by atoms with E-state index < -0.39 is 0 Å². The van der Waals surface area contributed by atoms with Crippen LogP contribution in [0.5, 0.6) is 0 Å². The number of aliphatic imine (C=N–C) groups is 1. The average molecular weight is 358 g/mol. The van der Waals surface area contributed by atoms with Crippen LogP contribution >= 0.6 is 0 Å². The van der Waals surface area contributed by atoms with Crippen molar-refractivity contribution in [2.75, 3.05) is 33.4 Å². The smallest absolute Gasteiger partial charge is 0.191 e. The summed E-state index contributed by atoms with van der Waals surface area (Å²) in [6.45, 7) is 5.49. The first-order valence-corrected chi connectivity index (χ1v) is 9.81. The minimum Gasteiger partial charge on any atom is -0.379 e. The number of rotatable bonds is 5. The van der Waals surface area contributed by atoms with E-state index in [0.717, 1.165) is 51.8 Å². The van der Waals surface area contributed by atoms with Crippen LogP contribution in [0.2, 0.25) is 0 Å². The van der Waals surface area contributed by atoms with Gasteiger partial charge in [-0.25, -0.2) is 0 Å². The van der Waals surface area contributed by atoms with Crippen molar-refractivity contribution in [3.05, 3.63) is 35.4 Å². The molecule has 0 saturated carbocycles. The van der Waals surface area contributed by atoms with Crippen LogP contribution in [0.25, 0.3) is 0 Å². The molecule has 3 unspecified atom stereocenters. The molecular formula is C20H30N4O2. The molecule has 0 spiro atoms. The van der Waals surface area contributed by atoms with Gasteiger partial charge >= 0.3 is 0 Å². The van der Waals surface area contributed by atoms with E-state index in [1.807, 2.05) is 7.05 Å². The van der Waals surface area contributed by atoms with Crippen molar-refractivity contribution in [2.24, 2.45) is 4.99 Å². The molecule has 3 aliphatic rings. The first-order chi connectivity index (χ1) is 12.8. The van der Waals surface area contributed by atoms with Crippen molar-refractivity contribution in [1.82, 2.24) is 15.5 Å². The molecular weight excluding hydrogens is 328 g/mol. The molecule has 0 radical (unpaired) electrons. The predicted molar refractivity (Wildman–Crippen MR) is 102 cm³/mol. The van der Waals surface area contributed by atoms with Gasteiger partial charge in [0.2, 0.25) is 0 Å². The molecule has 0 aliphatic carbocycles. The topological polar surface area (TPSA) is 58.1 Å². The lowest BCUT2D eigenvalue weighted by Crippen LogP contribution is -2.47. The Balaban J connectivity index is 1.28. The van der Waals surface area contributed by atoms with Gasteiger partial charge in [0, 0.05) is 33.2 Å². The van der Waals surface area contributed by atoms with Crippen LogP contribution in [0.15, 0.2) is 29.3 Å². The molecule has 3 aliphatic heterocycles. The van der Waals surface area contributed by atoms with Gasteiger partial charge in [-0.15, -0.1) is 0 Å². The Hall–Kier alpha value is -1.63. The Labute approximate surface area is 156 Å². The van der Waals surface area contributed by atoms with Crippen LogP contribution in [0, 0.1) is 0 Å². The second-order valence-electron chi connectivity index (χ2n) is 7.49. The van der Waals surface area contributed by atoms with Gasteiger partial charge in [0.1, 0.15) is 0 Å². The second kappa shape index (κ2) is 8.37. The van der Waals surface area contributed by atoms with Gasteiger partial charge < -0.3 is 20.1 Å². The van der Waals surface area contributed by atoms with Crippen molar-refractivity contribution in [2.45, 2.75) is 50.6 Å². The van der Waals surface area contributed by atoms with Crippen LogP contribution in [0.1, 0.15) is 30.4 Å². The fraction of sp³-hybridized carbons (Fsp3) is 0.650. The monoisotopic (exact) mass is 358 g/mol. The molecule has 3 saturated heterocycles. The summed E-state index contributed by atoms with van der Waals surface area (Å²) >= 11 is 0. The Morgan fingerprint density at radius 3 is 2.81 bits per heavy atom. The van der Waals surface area contributed by atoms with Crippen molar-refractivity contribution in [3.63, 3.8) is 0 Å². The molecule has 0 aromatic heterocycles. The fourth-order valence-corrected chi connectivity index (χ4v) is 4.20. The summed E-state index contributed by atoms with van der Waals surface area (Å²) in [5, 5.41) is 6.99. The molecule has 26 heavy (non-hydrogen) atoms. The molecule has 0 amide bonds. The highest BCUT2D eigenvalue weighted by molar-refractivity contribution is 5.80. The molecule has 2 bridgehead atoms. The van der Waals surface area contributed by atoms with Crippen molar-refractivity contribution in [3.8, 4) is 0 Å². The van der Waals surface area contributed by atoms with Gasteiger partial charge in [-0.1, -0.05) is 24.3 Å². The number of hydrogen-bond acceptors (Lipinski definition) is 4. The number of guanidine groups is 1. The van der Waals surface area contributed by atoms with E-state index >= 15 is 0 Å². The molecule has 142 valence electrons. The van der Waals surface area contributed by atoms with Gasteiger partial charge in [-0.05, 0) is 30.4 Å². The number of fused-ring (bicyclic) bond motifs is 2. The highest BCUT2D eigenvalue weighted by atomic mass is 16.5. The van der Waals surface area contributed by atoms with Crippen LogP contribution in [0.4, 0.5) is 0 Å². The highest BCUT2D eigenvalue weighted by Crippen LogP contribution is 2.34. The van der Waals surface area contributed by atoms with Gasteiger partial charge in [0.25, 0.3) is 0 Å². The van der Waals surface area contributed by atoms with E-state index in [4.69, 9.17) is 9.47 Å². The van der Waals surface area contributed by atoms with E-state index in [-0.39, 0.29) is 0 Å². The maximum absolute atomic E-state index is 5.92. The maximum atomic E-state index is 5.92. The number of nitrogens with zero attached hydrogens (tertiary/aromatic N) is 2. The third kappa shape index (κ3) is 4.37. The summed E-state index contributed by atoms with van der Waals surface area (Å²) in [6, 6.07) is 9.21. The summed E-state index contributed by atoms with van der Waals surface area (Å²) in [7, 11) is 1.83. The van der Waals surface area contributed by atoms with Crippen LogP contribution in [-0.2, 0) is 22.6 Å². The first kappa shape index (κ1) is 17.8. The summed E-state index contributed by atoms with van der Waals surface area (Å²) in [6.07, 6.45) is 4.29.